The molecule has 0 bridgehead atoms. The maximum Gasteiger partial charge on any atom is 0.264 e. The number of nitrogens with zero attached hydrogens (tertiary/aromatic N) is 3. The molecule has 168 valence electrons. The van der Waals surface area contributed by atoms with Crippen molar-refractivity contribution in [2.45, 2.75) is 26.4 Å². The first-order chi connectivity index (χ1) is 15.5. The van der Waals surface area contributed by atoms with Gasteiger partial charge in [0.1, 0.15) is 11.4 Å². The van der Waals surface area contributed by atoms with E-state index >= 15 is 0 Å². The summed E-state index contributed by atoms with van der Waals surface area (Å²) in [6.45, 7) is 3.24. The summed E-state index contributed by atoms with van der Waals surface area (Å²) in [6, 6.07) is 9.44. The van der Waals surface area contributed by atoms with Gasteiger partial charge in [-0.1, -0.05) is 18.2 Å². The van der Waals surface area contributed by atoms with Crippen molar-refractivity contribution in [3.63, 3.8) is 0 Å². The third-order valence-electron chi connectivity index (χ3n) is 5.66. The van der Waals surface area contributed by atoms with E-state index in [1.807, 2.05) is 42.2 Å². The number of para-hydroxylation sites is 1. The number of ether oxygens (including phenoxy) is 2. The summed E-state index contributed by atoms with van der Waals surface area (Å²) in [7, 11) is 3.14. The highest BCUT2D eigenvalue weighted by Gasteiger charge is 2.30. The van der Waals surface area contributed by atoms with Crippen LogP contribution in [0.25, 0.3) is 10.2 Å². The molecule has 32 heavy (non-hydrogen) atoms. The molecule has 0 atom stereocenters. The van der Waals surface area contributed by atoms with Crippen molar-refractivity contribution < 1.29 is 19.1 Å². The van der Waals surface area contributed by atoms with Gasteiger partial charge in [-0.2, -0.15) is 4.98 Å². The fourth-order valence-corrected chi connectivity index (χ4v) is 5.10. The Morgan fingerprint density at radius 3 is 2.53 bits per heavy atom. The molecular weight excluding hydrogens is 428 g/mol. The second-order valence-corrected chi connectivity index (χ2v) is 8.74. The van der Waals surface area contributed by atoms with Crippen LogP contribution in [0, 0.1) is 12.8 Å². The first kappa shape index (κ1) is 22.2. The average Bonchev–Trinajstić information content (AvgIpc) is 3.15. The number of hydrogen-bond acceptors (Lipinski definition) is 7. The van der Waals surface area contributed by atoms with Crippen LogP contribution < -0.4 is 10.1 Å². The topological polar surface area (TPSA) is 93.7 Å². The van der Waals surface area contributed by atoms with Crippen LogP contribution in [0.15, 0.2) is 30.3 Å². The quantitative estimate of drug-likeness (QED) is 0.611. The Labute approximate surface area is 190 Å². The molecule has 1 fully saturated rings. The summed E-state index contributed by atoms with van der Waals surface area (Å²) in [5.41, 5.74) is 1.61. The maximum absolute atomic E-state index is 13.3. The monoisotopic (exact) mass is 454 g/mol. The van der Waals surface area contributed by atoms with Crippen molar-refractivity contribution >= 4 is 39.1 Å². The lowest BCUT2D eigenvalue weighted by atomic mass is 9.95. The largest absolute Gasteiger partial charge is 0.480 e. The smallest absolute Gasteiger partial charge is 0.264 e. The minimum atomic E-state index is -0.106. The van der Waals surface area contributed by atoms with Crippen molar-refractivity contribution in [2.24, 2.45) is 5.92 Å². The van der Waals surface area contributed by atoms with Gasteiger partial charge in [0.2, 0.25) is 11.8 Å². The number of methoxy groups -OCH3 is 2. The predicted octanol–water partition coefficient (Wildman–Crippen LogP) is 3.65. The number of fused-ring (bicyclic) bond motifs is 1. The van der Waals surface area contributed by atoms with Crippen LogP contribution >= 0.6 is 11.3 Å². The molecule has 9 heteroatoms. The zero-order valence-electron chi connectivity index (χ0n) is 18.4. The van der Waals surface area contributed by atoms with Gasteiger partial charge >= 0.3 is 0 Å². The molecule has 1 aliphatic heterocycles. The maximum atomic E-state index is 13.3. The van der Waals surface area contributed by atoms with Crippen molar-refractivity contribution in [1.82, 2.24) is 14.9 Å². The molecule has 1 aromatic carbocycles. The number of hydrogen-bond donors (Lipinski definition) is 1. The van der Waals surface area contributed by atoms with E-state index in [4.69, 9.17) is 9.47 Å². The number of likely N-dealkylation sites (tertiary alicyclic amines) is 1. The Kier molecular flexibility index (Phi) is 6.66. The molecule has 1 aliphatic rings. The Balaban J connectivity index is 1.47. The highest BCUT2D eigenvalue weighted by Crippen LogP contribution is 2.36. The van der Waals surface area contributed by atoms with Crippen molar-refractivity contribution in [1.29, 1.82) is 0 Å². The van der Waals surface area contributed by atoms with Crippen LogP contribution in [0.3, 0.4) is 0 Å². The van der Waals surface area contributed by atoms with Crippen LogP contribution in [-0.4, -0.2) is 54.0 Å². The number of nitrogens with one attached hydrogen (secondary N) is 1. The summed E-state index contributed by atoms with van der Waals surface area (Å²) in [6.07, 6.45) is 1.27. The molecule has 2 aromatic heterocycles. The summed E-state index contributed by atoms with van der Waals surface area (Å²) >= 11 is 1.35. The number of amides is 2. The number of carbonyl (C=O) groups excluding carboxylic acids is 2. The minimum Gasteiger partial charge on any atom is -0.480 e. The zero-order valence-corrected chi connectivity index (χ0v) is 19.2. The molecule has 3 aromatic rings. The van der Waals surface area contributed by atoms with E-state index in [1.165, 1.54) is 11.3 Å². The number of rotatable bonds is 6. The molecule has 1 N–H and O–H groups in total. The Morgan fingerprint density at radius 2 is 1.88 bits per heavy atom. The third-order valence-corrected chi connectivity index (χ3v) is 6.83. The van der Waals surface area contributed by atoms with Gasteiger partial charge in [0.15, 0.2) is 5.82 Å². The summed E-state index contributed by atoms with van der Waals surface area (Å²) in [5.74, 6) is 0.827. The van der Waals surface area contributed by atoms with Gasteiger partial charge in [0.25, 0.3) is 5.91 Å². The average molecular weight is 455 g/mol. The van der Waals surface area contributed by atoms with Crippen molar-refractivity contribution in [2.75, 3.05) is 32.6 Å². The Hall–Kier alpha value is -3.04. The van der Waals surface area contributed by atoms with E-state index in [9.17, 15) is 9.59 Å². The number of aryl methyl sites for hydroxylation is 1. The Bertz CT molecular complexity index is 1120. The fourth-order valence-electron chi connectivity index (χ4n) is 3.94. The zero-order chi connectivity index (χ0) is 22.7. The second-order valence-electron chi connectivity index (χ2n) is 7.74. The number of anilines is 1. The summed E-state index contributed by atoms with van der Waals surface area (Å²) < 4.78 is 10.6. The molecule has 0 spiro atoms. The fraction of sp³-hybridized carbons (Fsp3) is 0.391. The molecule has 3 heterocycles. The SMILES string of the molecule is COCc1nc(OC)c2c(C)c(C(=O)N3CCC(C(=O)Nc4ccccc4)CC3)sc2n1. The molecule has 4 rings (SSSR count). The Morgan fingerprint density at radius 1 is 1.16 bits per heavy atom. The number of aromatic nitrogens is 2. The van der Waals surface area contributed by atoms with Crippen LogP contribution in [0.1, 0.15) is 33.9 Å². The van der Waals surface area contributed by atoms with E-state index < -0.39 is 0 Å². The first-order valence-corrected chi connectivity index (χ1v) is 11.3. The van der Waals surface area contributed by atoms with Gasteiger partial charge in [-0.05, 0) is 37.5 Å². The highest BCUT2D eigenvalue weighted by atomic mass is 32.1. The molecule has 0 saturated carbocycles. The van der Waals surface area contributed by atoms with Crippen LogP contribution in [0.2, 0.25) is 0 Å². The van der Waals surface area contributed by atoms with E-state index in [2.05, 4.69) is 15.3 Å². The van der Waals surface area contributed by atoms with Crippen LogP contribution in [0.5, 0.6) is 5.88 Å². The van der Waals surface area contributed by atoms with Gasteiger partial charge in [-0.25, -0.2) is 4.98 Å². The first-order valence-electron chi connectivity index (χ1n) is 10.5. The summed E-state index contributed by atoms with van der Waals surface area (Å²) in [5, 5.41) is 3.72. The standard InChI is InChI=1S/C23H26N4O4S/c1-14-18-21(31-3)25-17(13-30-2)26-22(18)32-19(14)23(29)27-11-9-15(10-12-27)20(28)24-16-7-5-4-6-8-16/h4-8,15H,9-13H2,1-3H3,(H,24,28). The molecule has 8 nitrogen and oxygen atoms in total. The summed E-state index contributed by atoms with van der Waals surface area (Å²) in [4.78, 5) is 38.0. The van der Waals surface area contributed by atoms with Crippen LogP contribution in [-0.2, 0) is 16.1 Å². The number of benzene rings is 1. The molecule has 2 amide bonds. The van der Waals surface area contributed by atoms with Crippen LogP contribution in [0.4, 0.5) is 5.69 Å². The van der Waals surface area contributed by atoms with Gasteiger partial charge in [-0.3, -0.25) is 9.59 Å². The molecular formula is C23H26N4O4S. The predicted molar refractivity (Wildman–Crippen MR) is 123 cm³/mol. The van der Waals surface area contributed by atoms with Gasteiger partial charge < -0.3 is 19.7 Å². The molecule has 1 saturated heterocycles. The van der Waals surface area contributed by atoms with Crippen molar-refractivity contribution in [3.8, 4) is 5.88 Å². The number of carbonyl (C=O) groups is 2. The normalized spacial score (nSPS) is 14.5. The van der Waals surface area contributed by atoms with Gasteiger partial charge in [-0.15, -0.1) is 11.3 Å². The number of thiophene rings is 1. The van der Waals surface area contributed by atoms with E-state index in [1.54, 1.807) is 14.2 Å². The lowest BCUT2D eigenvalue weighted by molar-refractivity contribution is -0.121. The van der Waals surface area contributed by atoms with E-state index in [0.29, 0.717) is 47.3 Å². The molecule has 0 aliphatic carbocycles. The highest BCUT2D eigenvalue weighted by molar-refractivity contribution is 7.20. The van der Waals surface area contributed by atoms with Crippen molar-refractivity contribution in [3.05, 3.63) is 46.6 Å². The molecule has 0 unspecified atom stereocenters. The second kappa shape index (κ2) is 9.62. The van der Waals surface area contributed by atoms with Gasteiger partial charge in [0.05, 0.1) is 17.4 Å². The number of piperidine rings is 1. The lowest BCUT2D eigenvalue weighted by Crippen LogP contribution is -2.41. The lowest BCUT2D eigenvalue weighted by Gasteiger charge is -2.31. The molecule has 0 radical (unpaired) electrons. The van der Waals surface area contributed by atoms with E-state index in [-0.39, 0.29) is 24.3 Å². The van der Waals surface area contributed by atoms with Gasteiger partial charge in [0, 0.05) is 31.8 Å². The van der Waals surface area contributed by atoms with E-state index in [0.717, 1.165) is 16.6 Å². The minimum absolute atomic E-state index is 0.00650. The third kappa shape index (κ3) is 4.44.